The molecule has 3 rings (SSSR count). The summed E-state index contributed by atoms with van der Waals surface area (Å²) in [4.78, 5) is 13.3. The minimum absolute atomic E-state index is 0.00307. The molecule has 152 valence electrons. The van der Waals surface area contributed by atoms with Crippen LogP contribution >= 0.6 is 10.2 Å². The highest BCUT2D eigenvalue weighted by atomic mass is 32.5. The zero-order chi connectivity index (χ0) is 21.5. The normalized spacial score (nSPS) is 14.8. The number of carboxylic acid groups (broad SMARTS) is 1. The number of nitrogens with zero attached hydrogens (tertiary/aromatic N) is 3. The van der Waals surface area contributed by atoms with E-state index in [0.717, 1.165) is 18.2 Å². The van der Waals surface area contributed by atoms with Gasteiger partial charge in [0, 0.05) is 29.9 Å². The van der Waals surface area contributed by atoms with Crippen LogP contribution in [0.5, 0.6) is 0 Å². The lowest BCUT2D eigenvalue weighted by atomic mass is 10.1. The highest BCUT2D eigenvalue weighted by molar-refractivity contribution is 8.45. The lowest BCUT2D eigenvalue weighted by Crippen LogP contribution is -2.06. The van der Waals surface area contributed by atoms with Gasteiger partial charge in [-0.05, 0) is 35.9 Å². The highest BCUT2D eigenvalue weighted by Crippen LogP contribution is 3.02. The molecule has 0 unspecified atom stereocenters. The molecule has 2 heterocycles. The summed E-state index contributed by atoms with van der Waals surface area (Å²) in [6, 6.07) is 7.33. The van der Waals surface area contributed by atoms with Crippen molar-refractivity contribution in [3.63, 3.8) is 0 Å². The molecule has 3 aromatic rings. The third kappa shape index (κ3) is 4.38. The van der Waals surface area contributed by atoms with Gasteiger partial charge in [-0.15, -0.1) is 0 Å². The van der Waals surface area contributed by atoms with Crippen LogP contribution in [0, 0.1) is 11.3 Å². The fourth-order valence-corrected chi connectivity index (χ4v) is 3.38. The Labute approximate surface area is 161 Å². The molecule has 0 saturated heterocycles. The summed E-state index contributed by atoms with van der Waals surface area (Å²) in [6.07, 6.45) is 4.10. The van der Waals surface area contributed by atoms with Crippen molar-refractivity contribution in [3.05, 3.63) is 65.5 Å². The third-order valence-electron chi connectivity index (χ3n) is 4.04. The maximum absolute atomic E-state index is 12.8. The van der Waals surface area contributed by atoms with Gasteiger partial charge in [0.25, 0.3) is 0 Å². The maximum atomic E-state index is 12.8. The molecule has 0 amide bonds. The number of halogens is 5. The average Bonchev–Trinajstić information content (AvgIpc) is 2.95. The summed E-state index contributed by atoms with van der Waals surface area (Å²) in [5, 5.41) is 18.5. The molecular weight excluding hydrogens is 417 g/mol. The zero-order valence-corrected chi connectivity index (χ0v) is 15.2. The van der Waals surface area contributed by atoms with Crippen LogP contribution in [0.1, 0.15) is 11.1 Å². The number of hydrogen-bond acceptors (Lipinski definition) is 3. The molecule has 0 atom stereocenters. The van der Waals surface area contributed by atoms with E-state index in [1.807, 2.05) is 0 Å². The van der Waals surface area contributed by atoms with Crippen molar-refractivity contribution in [2.24, 2.45) is 0 Å². The second-order valence-corrected chi connectivity index (χ2v) is 8.58. The van der Waals surface area contributed by atoms with Gasteiger partial charge in [-0.1, -0.05) is 31.6 Å². The minimum atomic E-state index is -9.74. The smallest absolute Gasteiger partial charge is 0.346 e. The Bertz CT molecular complexity index is 1190. The summed E-state index contributed by atoms with van der Waals surface area (Å²) in [7, 11) is -9.74. The van der Waals surface area contributed by atoms with Crippen LogP contribution in [0.2, 0.25) is 0 Å². The van der Waals surface area contributed by atoms with Crippen molar-refractivity contribution in [2.75, 3.05) is 0 Å². The summed E-state index contributed by atoms with van der Waals surface area (Å²) in [5.74, 6) is -1.41. The standard InChI is InChI=1S/C18H12F5N3O2S/c19-29(20,21,22,23)15-5-3-12(4-6-15)10-26-11-14(8-13(9-24)18(27)28)16-2-1-7-25-17(16)26/h1-8,11H,10H2,(H,27,28)/b13-8+. The summed E-state index contributed by atoms with van der Waals surface area (Å²) in [5.41, 5.74) is 0.550. The van der Waals surface area contributed by atoms with Crippen LogP contribution in [0.25, 0.3) is 17.1 Å². The summed E-state index contributed by atoms with van der Waals surface area (Å²) < 4.78 is 65.7. The molecule has 0 aliphatic carbocycles. The lowest BCUT2D eigenvalue weighted by molar-refractivity contribution is -0.132. The van der Waals surface area contributed by atoms with Crippen LogP contribution in [-0.2, 0) is 11.3 Å². The number of hydrogen-bond donors (Lipinski definition) is 1. The summed E-state index contributed by atoms with van der Waals surface area (Å²) in [6.45, 7) is -0.00307. The van der Waals surface area contributed by atoms with E-state index >= 15 is 0 Å². The third-order valence-corrected chi connectivity index (χ3v) is 5.20. The van der Waals surface area contributed by atoms with Crippen LogP contribution in [0.15, 0.2) is 59.3 Å². The van der Waals surface area contributed by atoms with Gasteiger partial charge in [0.05, 0.1) is 0 Å². The van der Waals surface area contributed by atoms with Gasteiger partial charge in [-0.25, -0.2) is 9.78 Å². The first-order chi connectivity index (χ1) is 13.3. The number of carbonyl (C=O) groups is 1. The number of nitriles is 1. The monoisotopic (exact) mass is 429 g/mol. The van der Waals surface area contributed by atoms with E-state index in [0.29, 0.717) is 34.3 Å². The lowest BCUT2D eigenvalue weighted by Gasteiger charge is -2.40. The van der Waals surface area contributed by atoms with Crippen molar-refractivity contribution >= 4 is 33.3 Å². The van der Waals surface area contributed by atoms with E-state index in [4.69, 9.17) is 10.4 Å². The van der Waals surface area contributed by atoms with Crippen LogP contribution in [-0.4, -0.2) is 20.6 Å². The SMILES string of the molecule is N#C/C(=C\c1cn(Cc2ccc(S(F)(F)(F)(F)F)cc2)c2ncccc12)C(=O)O. The topological polar surface area (TPSA) is 78.9 Å². The molecule has 29 heavy (non-hydrogen) atoms. The first kappa shape index (κ1) is 20.3. The Balaban J connectivity index is 2.02. The fraction of sp³-hybridized carbons (Fsp3) is 0.0556. The van der Waals surface area contributed by atoms with E-state index in [1.54, 1.807) is 18.2 Å². The Morgan fingerprint density at radius 1 is 1.17 bits per heavy atom. The Hall–Kier alpha value is -3.39. The molecule has 1 aromatic carbocycles. The molecule has 0 aliphatic rings. The number of carboxylic acids is 1. The molecule has 0 fully saturated rings. The molecular formula is C18H12F5N3O2S. The highest BCUT2D eigenvalue weighted by Gasteiger charge is 2.65. The molecule has 0 aliphatic heterocycles. The van der Waals surface area contributed by atoms with E-state index in [-0.39, 0.29) is 6.54 Å². The van der Waals surface area contributed by atoms with Crippen molar-refractivity contribution in [1.82, 2.24) is 9.55 Å². The van der Waals surface area contributed by atoms with Gasteiger partial charge in [0.2, 0.25) is 0 Å². The molecule has 0 spiro atoms. The van der Waals surface area contributed by atoms with Gasteiger partial charge in [0.1, 0.15) is 22.2 Å². The maximum Gasteiger partial charge on any atom is 0.346 e. The van der Waals surface area contributed by atoms with Crippen LogP contribution in [0.4, 0.5) is 19.4 Å². The predicted molar refractivity (Wildman–Crippen MR) is 97.9 cm³/mol. The van der Waals surface area contributed by atoms with E-state index < -0.39 is 26.7 Å². The second kappa shape index (κ2) is 6.05. The van der Waals surface area contributed by atoms with Crippen LogP contribution in [0.3, 0.4) is 0 Å². The molecule has 0 bridgehead atoms. The zero-order valence-electron chi connectivity index (χ0n) is 14.4. The molecule has 2 aromatic heterocycles. The molecule has 1 N–H and O–H groups in total. The quantitative estimate of drug-likeness (QED) is 0.319. The van der Waals surface area contributed by atoms with E-state index in [9.17, 15) is 24.2 Å². The van der Waals surface area contributed by atoms with Gasteiger partial charge >= 0.3 is 16.2 Å². The van der Waals surface area contributed by atoms with E-state index in [2.05, 4.69) is 4.98 Å². The van der Waals surface area contributed by atoms with Gasteiger partial charge in [-0.2, -0.15) is 5.26 Å². The number of fused-ring (bicyclic) bond motifs is 1. The number of pyridine rings is 1. The van der Waals surface area contributed by atoms with Crippen LogP contribution < -0.4 is 0 Å². The van der Waals surface area contributed by atoms with Crippen molar-refractivity contribution in [3.8, 4) is 6.07 Å². The number of aliphatic carboxylic acids is 1. The average molecular weight is 429 g/mol. The molecule has 5 nitrogen and oxygen atoms in total. The van der Waals surface area contributed by atoms with E-state index in [1.165, 1.54) is 17.0 Å². The predicted octanol–water partition coefficient (Wildman–Crippen LogP) is 5.73. The number of rotatable bonds is 5. The number of benzene rings is 1. The fourth-order valence-electron chi connectivity index (χ4n) is 2.73. The first-order valence-corrected chi connectivity index (χ1v) is 9.85. The number of aromatic nitrogens is 2. The second-order valence-electron chi connectivity index (χ2n) is 6.17. The van der Waals surface area contributed by atoms with Gasteiger partial charge < -0.3 is 9.67 Å². The molecule has 11 heteroatoms. The molecule has 0 radical (unpaired) electrons. The van der Waals surface area contributed by atoms with Gasteiger partial charge in [-0.3, -0.25) is 0 Å². The summed E-state index contributed by atoms with van der Waals surface area (Å²) >= 11 is 0. The Morgan fingerprint density at radius 3 is 2.38 bits per heavy atom. The van der Waals surface area contributed by atoms with Crippen molar-refractivity contribution in [1.29, 1.82) is 5.26 Å². The largest absolute Gasteiger partial charge is 0.477 e. The minimum Gasteiger partial charge on any atom is -0.477 e. The Morgan fingerprint density at radius 2 is 1.83 bits per heavy atom. The molecule has 0 saturated carbocycles. The first-order valence-electron chi connectivity index (χ1n) is 7.90. The van der Waals surface area contributed by atoms with Crippen molar-refractivity contribution < 1.29 is 29.3 Å². The Kier molecular flexibility index (Phi) is 4.25. The van der Waals surface area contributed by atoms with Gasteiger partial charge in [0.15, 0.2) is 0 Å². The van der Waals surface area contributed by atoms with Crippen molar-refractivity contribution in [2.45, 2.75) is 11.4 Å².